The zero-order valence-corrected chi connectivity index (χ0v) is 15.2. The van der Waals surface area contributed by atoms with Gasteiger partial charge in [-0.3, -0.25) is 10.1 Å². The topological polar surface area (TPSA) is 78.7 Å². The van der Waals surface area contributed by atoms with Crippen LogP contribution < -0.4 is 4.74 Å². The summed E-state index contributed by atoms with van der Waals surface area (Å²) >= 11 is 4.48. The molecule has 3 aromatic rings. The van der Waals surface area contributed by atoms with Crippen LogP contribution in [0, 0.1) is 10.1 Å². The fourth-order valence-electron chi connectivity index (χ4n) is 2.20. The van der Waals surface area contributed by atoms with E-state index in [1.165, 1.54) is 6.07 Å². The Morgan fingerprint density at radius 1 is 1.24 bits per heavy atom. The molecule has 128 valence electrons. The van der Waals surface area contributed by atoms with Crippen LogP contribution in [0.5, 0.6) is 5.75 Å². The summed E-state index contributed by atoms with van der Waals surface area (Å²) in [5.74, 6) is -0.00395. The first-order chi connectivity index (χ1) is 12.0. The van der Waals surface area contributed by atoms with Crippen molar-refractivity contribution in [3.05, 3.63) is 68.0 Å². The predicted octanol–water partition coefficient (Wildman–Crippen LogP) is 4.69. The van der Waals surface area contributed by atoms with Gasteiger partial charge in [0.05, 0.1) is 9.40 Å². The monoisotopic (exact) mass is 421 g/mol. The maximum Gasteiger partial charge on any atom is 0.344 e. The maximum atomic E-state index is 11.8. The number of rotatable bonds is 6. The number of carbonyl (C=O) groups is 1. The second kappa shape index (κ2) is 7.62. The second-order valence-electron chi connectivity index (χ2n) is 5.10. The summed E-state index contributed by atoms with van der Waals surface area (Å²) in [7, 11) is 0. The van der Waals surface area contributed by atoms with E-state index in [1.54, 1.807) is 11.4 Å². The number of halogens is 1. The van der Waals surface area contributed by atoms with Crippen molar-refractivity contribution in [3.8, 4) is 5.75 Å². The van der Waals surface area contributed by atoms with E-state index in [9.17, 15) is 14.9 Å². The van der Waals surface area contributed by atoms with Gasteiger partial charge in [0, 0.05) is 17.0 Å². The number of fused-ring (bicyclic) bond motifs is 1. The van der Waals surface area contributed by atoms with Gasteiger partial charge in [-0.15, -0.1) is 0 Å². The number of ether oxygens (including phenoxy) is 2. The van der Waals surface area contributed by atoms with E-state index < -0.39 is 10.9 Å². The highest BCUT2D eigenvalue weighted by Crippen LogP contribution is 2.33. The summed E-state index contributed by atoms with van der Waals surface area (Å²) in [5.41, 5.74) is 0.580. The normalized spacial score (nSPS) is 10.6. The Balaban J connectivity index is 1.57. The van der Waals surface area contributed by atoms with Crippen LogP contribution in [-0.4, -0.2) is 17.5 Å². The Morgan fingerprint density at radius 2 is 2.04 bits per heavy atom. The molecule has 8 heteroatoms. The Kier molecular flexibility index (Phi) is 5.30. The van der Waals surface area contributed by atoms with Gasteiger partial charge in [-0.25, -0.2) is 4.79 Å². The van der Waals surface area contributed by atoms with Gasteiger partial charge in [0.2, 0.25) is 0 Å². The van der Waals surface area contributed by atoms with Crippen LogP contribution in [0.1, 0.15) is 5.56 Å². The molecule has 0 aliphatic rings. The summed E-state index contributed by atoms with van der Waals surface area (Å²) in [4.78, 5) is 22.0. The molecule has 2 aromatic carbocycles. The number of esters is 1. The van der Waals surface area contributed by atoms with Gasteiger partial charge >= 0.3 is 11.0 Å². The summed E-state index contributed by atoms with van der Waals surface area (Å²) in [5, 5.41) is 14.3. The average Bonchev–Trinajstić information content (AvgIpc) is 3.09. The smallest absolute Gasteiger partial charge is 0.344 e. The van der Waals surface area contributed by atoms with E-state index in [1.807, 2.05) is 30.3 Å². The predicted molar refractivity (Wildman–Crippen MR) is 97.9 cm³/mol. The molecule has 0 aliphatic carbocycles. The molecule has 3 rings (SSSR count). The van der Waals surface area contributed by atoms with Crippen molar-refractivity contribution in [3.63, 3.8) is 0 Å². The molecule has 0 unspecified atom stereocenters. The van der Waals surface area contributed by atoms with Crippen molar-refractivity contribution in [2.24, 2.45) is 0 Å². The first kappa shape index (κ1) is 17.4. The number of nitrogens with zero attached hydrogens (tertiary/aromatic N) is 1. The molecule has 0 atom stereocenters. The van der Waals surface area contributed by atoms with Crippen molar-refractivity contribution in [2.45, 2.75) is 6.61 Å². The Morgan fingerprint density at radius 3 is 2.80 bits per heavy atom. The van der Waals surface area contributed by atoms with Gasteiger partial charge in [0.25, 0.3) is 0 Å². The standard InChI is InChI=1S/C17H12BrNO5S/c18-17-13-4-2-1-3-12(13)5-6-14(17)23-9-16(20)24-8-11-7-15(19(21)22)25-10-11/h1-7,10H,8-9H2. The lowest BCUT2D eigenvalue weighted by molar-refractivity contribution is -0.380. The Labute approximate surface area is 155 Å². The molecule has 0 aliphatic heterocycles. The highest BCUT2D eigenvalue weighted by atomic mass is 79.9. The lowest BCUT2D eigenvalue weighted by atomic mass is 10.1. The number of hydrogen-bond donors (Lipinski definition) is 0. The van der Waals surface area contributed by atoms with Crippen LogP contribution in [0.3, 0.4) is 0 Å². The molecular formula is C17H12BrNO5S. The molecule has 0 fully saturated rings. The minimum absolute atomic E-state index is 0.0161. The molecule has 0 amide bonds. The summed E-state index contributed by atoms with van der Waals surface area (Å²) < 4.78 is 11.4. The van der Waals surface area contributed by atoms with Crippen LogP contribution in [-0.2, 0) is 16.1 Å². The largest absolute Gasteiger partial charge is 0.481 e. The second-order valence-corrected chi connectivity index (χ2v) is 6.78. The molecule has 0 spiro atoms. The average molecular weight is 422 g/mol. The van der Waals surface area contributed by atoms with Gasteiger partial charge < -0.3 is 9.47 Å². The summed E-state index contributed by atoms with van der Waals surface area (Å²) in [6.07, 6.45) is 0. The fourth-order valence-corrected chi connectivity index (χ4v) is 3.52. The van der Waals surface area contributed by atoms with Gasteiger partial charge in [-0.05, 0) is 32.8 Å². The molecule has 1 heterocycles. The molecule has 0 saturated heterocycles. The number of hydrogen-bond acceptors (Lipinski definition) is 6. The third kappa shape index (κ3) is 4.15. The van der Waals surface area contributed by atoms with Crippen molar-refractivity contribution < 1.29 is 19.2 Å². The Hall–Kier alpha value is -2.45. The molecule has 6 nitrogen and oxygen atoms in total. The molecule has 0 saturated carbocycles. The van der Waals surface area contributed by atoms with E-state index in [-0.39, 0.29) is 18.2 Å². The SMILES string of the molecule is O=C(COc1ccc2ccccc2c1Br)OCc1csc([N+](=O)[O-])c1. The van der Waals surface area contributed by atoms with Gasteiger partial charge in [-0.1, -0.05) is 41.7 Å². The van der Waals surface area contributed by atoms with Gasteiger partial charge in [0.15, 0.2) is 6.61 Å². The molecule has 0 radical (unpaired) electrons. The molecule has 0 N–H and O–H groups in total. The van der Waals surface area contributed by atoms with E-state index in [4.69, 9.17) is 9.47 Å². The lowest BCUT2D eigenvalue weighted by Crippen LogP contribution is -2.14. The zero-order valence-electron chi connectivity index (χ0n) is 12.8. The molecule has 25 heavy (non-hydrogen) atoms. The van der Waals surface area contributed by atoms with Crippen molar-refractivity contribution in [1.29, 1.82) is 0 Å². The third-order valence-electron chi connectivity index (χ3n) is 3.39. The number of carbonyl (C=O) groups excluding carboxylic acids is 1. The van der Waals surface area contributed by atoms with E-state index in [0.29, 0.717) is 11.3 Å². The van der Waals surface area contributed by atoms with Gasteiger partial charge in [-0.2, -0.15) is 0 Å². The zero-order chi connectivity index (χ0) is 17.8. The van der Waals surface area contributed by atoms with Gasteiger partial charge in [0.1, 0.15) is 12.4 Å². The van der Waals surface area contributed by atoms with Crippen molar-refractivity contribution in [1.82, 2.24) is 0 Å². The minimum atomic E-state index is -0.547. The van der Waals surface area contributed by atoms with E-state index in [0.717, 1.165) is 26.6 Å². The molecule has 1 aromatic heterocycles. The Bertz CT molecular complexity index is 940. The maximum absolute atomic E-state index is 11.8. The van der Waals surface area contributed by atoms with E-state index in [2.05, 4.69) is 15.9 Å². The van der Waals surface area contributed by atoms with Crippen LogP contribution >= 0.6 is 27.3 Å². The lowest BCUT2D eigenvalue weighted by Gasteiger charge is -2.10. The van der Waals surface area contributed by atoms with Crippen molar-refractivity contribution >= 4 is 49.0 Å². The van der Waals surface area contributed by atoms with Crippen LogP contribution in [0.25, 0.3) is 10.8 Å². The van der Waals surface area contributed by atoms with Crippen LogP contribution in [0.15, 0.2) is 52.3 Å². The minimum Gasteiger partial charge on any atom is -0.481 e. The van der Waals surface area contributed by atoms with Crippen LogP contribution in [0.2, 0.25) is 0 Å². The fraction of sp³-hybridized carbons (Fsp3) is 0.118. The number of nitro groups is 1. The highest BCUT2D eigenvalue weighted by Gasteiger charge is 2.12. The van der Waals surface area contributed by atoms with Crippen molar-refractivity contribution in [2.75, 3.05) is 6.61 Å². The first-order valence-corrected chi connectivity index (χ1v) is 8.89. The summed E-state index contributed by atoms with van der Waals surface area (Å²) in [6, 6.07) is 12.9. The number of thiophene rings is 1. The van der Waals surface area contributed by atoms with Crippen LogP contribution in [0.4, 0.5) is 5.00 Å². The first-order valence-electron chi connectivity index (χ1n) is 7.22. The van der Waals surface area contributed by atoms with E-state index >= 15 is 0 Å². The molecule has 0 bridgehead atoms. The molecular weight excluding hydrogens is 410 g/mol. The summed E-state index contributed by atoms with van der Waals surface area (Å²) in [6.45, 7) is -0.269. The number of benzene rings is 2. The highest BCUT2D eigenvalue weighted by molar-refractivity contribution is 9.10. The quantitative estimate of drug-likeness (QED) is 0.327. The third-order valence-corrected chi connectivity index (χ3v) is 5.14.